The molecule has 0 aromatic rings. The number of hydrogen-bond donors (Lipinski definition) is 4. The SMILES string of the molecule is C[C@H](NC(=O)[C@@H]1CCCN1C(C)(C)C)C(=O)C[C@@H](CCCN=C(N)N)C(=O)O. The van der Waals surface area contributed by atoms with Crippen molar-refractivity contribution in [1.82, 2.24) is 10.2 Å². The molecule has 160 valence electrons. The number of amides is 1. The van der Waals surface area contributed by atoms with Crippen molar-refractivity contribution in [2.75, 3.05) is 13.1 Å². The van der Waals surface area contributed by atoms with Crippen LogP contribution in [0.1, 0.15) is 59.8 Å². The van der Waals surface area contributed by atoms with Gasteiger partial charge in [-0.05, 0) is 59.9 Å². The monoisotopic (exact) mass is 397 g/mol. The van der Waals surface area contributed by atoms with E-state index in [1.165, 1.54) is 0 Å². The summed E-state index contributed by atoms with van der Waals surface area (Å²) in [4.78, 5) is 42.5. The van der Waals surface area contributed by atoms with Gasteiger partial charge in [-0.15, -0.1) is 0 Å². The number of carboxylic acids is 1. The third kappa shape index (κ3) is 7.46. The molecule has 9 heteroatoms. The summed E-state index contributed by atoms with van der Waals surface area (Å²) in [7, 11) is 0. The summed E-state index contributed by atoms with van der Waals surface area (Å²) in [5.41, 5.74) is 10.3. The molecule has 1 amide bonds. The van der Waals surface area contributed by atoms with E-state index in [2.05, 4.69) is 36.0 Å². The molecule has 28 heavy (non-hydrogen) atoms. The number of nitrogens with zero attached hydrogens (tertiary/aromatic N) is 2. The summed E-state index contributed by atoms with van der Waals surface area (Å²) >= 11 is 0. The second-order valence-corrected chi connectivity index (χ2v) is 8.41. The van der Waals surface area contributed by atoms with E-state index in [1.54, 1.807) is 6.92 Å². The minimum Gasteiger partial charge on any atom is -0.481 e. The number of nitrogens with two attached hydrogens (primary N) is 2. The first-order chi connectivity index (χ1) is 12.9. The molecular weight excluding hydrogens is 362 g/mol. The van der Waals surface area contributed by atoms with Gasteiger partial charge in [0.05, 0.1) is 18.0 Å². The van der Waals surface area contributed by atoms with Gasteiger partial charge in [0.2, 0.25) is 5.91 Å². The normalized spacial score (nSPS) is 19.6. The van der Waals surface area contributed by atoms with Gasteiger partial charge in [0, 0.05) is 18.5 Å². The average Bonchev–Trinajstić information content (AvgIpc) is 3.07. The molecule has 0 aromatic heterocycles. The van der Waals surface area contributed by atoms with Gasteiger partial charge in [0.25, 0.3) is 0 Å². The first kappa shape index (κ1) is 23.9. The molecule has 0 radical (unpaired) electrons. The largest absolute Gasteiger partial charge is 0.481 e. The number of carboxylic acid groups (broad SMARTS) is 1. The standard InChI is InChI=1S/C19H35N5O4/c1-12(23-16(26)14-8-6-10-24(14)19(2,3)4)15(25)11-13(17(27)28)7-5-9-22-18(20)21/h12-14H,5-11H2,1-4H3,(H,23,26)(H,27,28)(H4,20,21,22)/t12-,13+,14-/m0/s1. The molecule has 0 unspecified atom stereocenters. The fourth-order valence-electron chi connectivity index (χ4n) is 3.51. The molecule has 1 aliphatic heterocycles. The van der Waals surface area contributed by atoms with Crippen LogP contribution in [0.3, 0.4) is 0 Å². The molecule has 0 aliphatic carbocycles. The van der Waals surface area contributed by atoms with Crippen LogP contribution in [0.25, 0.3) is 0 Å². The zero-order chi connectivity index (χ0) is 21.5. The Bertz CT molecular complexity index is 596. The van der Waals surface area contributed by atoms with Gasteiger partial charge >= 0.3 is 5.97 Å². The summed E-state index contributed by atoms with van der Waals surface area (Å²) in [6.45, 7) is 8.96. The lowest BCUT2D eigenvalue weighted by Gasteiger charge is -2.36. The van der Waals surface area contributed by atoms with Gasteiger partial charge in [-0.2, -0.15) is 0 Å². The van der Waals surface area contributed by atoms with E-state index in [9.17, 15) is 19.5 Å². The van der Waals surface area contributed by atoms with E-state index in [1.807, 2.05) is 0 Å². The summed E-state index contributed by atoms with van der Waals surface area (Å²) in [6.07, 6.45) is 2.32. The van der Waals surface area contributed by atoms with Crippen LogP contribution in [0.5, 0.6) is 0 Å². The summed E-state index contributed by atoms with van der Waals surface area (Å²) in [5, 5.41) is 12.1. The van der Waals surface area contributed by atoms with Gasteiger partial charge < -0.3 is 21.9 Å². The number of ketones is 1. The minimum atomic E-state index is -1.04. The number of guanidine groups is 1. The predicted octanol–water partition coefficient (Wildman–Crippen LogP) is 0.468. The van der Waals surface area contributed by atoms with E-state index < -0.39 is 17.9 Å². The Morgan fingerprint density at radius 3 is 2.46 bits per heavy atom. The van der Waals surface area contributed by atoms with E-state index >= 15 is 0 Å². The fourth-order valence-corrected chi connectivity index (χ4v) is 3.51. The van der Waals surface area contributed by atoms with Crippen LogP contribution in [0.4, 0.5) is 0 Å². The highest BCUT2D eigenvalue weighted by atomic mass is 16.4. The lowest BCUT2D eigenvalue weighted by Crippen LogP contribution is -2.53. The maximum Gasteiger partial charge on any atom is 0.306 e. The minimum absolute atomic E-state index is 0.0458. The molecule has 1 saturated heterocycles. The summed E-state index contributed by atoms with van der Waals surface area (Å²) < 4.78 is 0. The van der Waals surface area contributed by atoms with Crippen molar-refractivity contribution in [2.45, 2.75) is 77.4 Å². The molecule has 1 heterocycles. The number of nitrogens with one attached hydrogen (secondary N) is 1. The smallest absolute Gasteiger partial charge is 0.306 e. The van der Waals surface area contributed by atoms with E-state index in [-0.39, 0.29) is 35.7 Å². The highest BCUT2D eigenvalue weighted by Gasteiger charge is 2.38. The zero-order valence-corrected chi connectivity index (χ0v) is 17.4. The maximum absolute atomic E-state index is 12.7. The van der Waals surface area contributed by atoms with Crippen LogP contribution in [-0.4, -0.2) is 64.3 Å². The topological polar surface area (TPSA) is 151 Å². The molecular formula is C19H35N5O4. The van der Waals surface area contributed by atoms with Crippen molar-refractivity contribution >= 4 is 23.6 Å². The molecule has 0 bridgehead atoms. The van der Waals surface area contributed by atoms with Crippen LogP contribution in [-0.2, 0) is 14.4 Å². The Morgan fingerprint density at radius 1 is 1.29 bits per heavy atom. The van der Waals surface area contributed by atoms with Crippen LogP contribution in [0.15, 0.2) is 4.99 Å². The first-order valence-electron chi connectivity index (χ1n) is 9.81. The Balaban J connectivity index is 2.58. The number of hydrogen-bond acceptors (Lipinski definition) is 5. The van der Waals surface area contributed by atoms with Crippen LogP contribution in [0.2, 0.25) is 0 Å². The average molecular weight is 398 g/mol. The number of aliphatic carboxylic acids is 1. The lowest BCUT2D eigenvalue weighted by atomic mass is 9.94. The Kier molecular flexibility index (Phi) is 8.87. The van der Waals surface area contributed by atoms with Crippen LogP contribution < -0.4 is 16.8 Å². The van der Waals surface area contributed by atoms with Gasteiger partial charge in [-0.3, -0.25) is 24.3 Å². The number of carbonyl (C=O) groups is 3. The summed E-state index contributed by atoms with van der Waals surface area (Å²) in [6, 6.07) is -0.987. The second-order valence-electron chi connectivity index (χ2n) is 8.41. The van der Waals surface area contributed by atoms with Crippen molar-refractivity contribution in [3.8, 4) is 0 Å². The molecule has 9 nitrogen and oxygen atoms in total. The van der Waals surface area contributed by atoms with Crippen molar-refractivity contribution in [3.05, 3.63) is 0 Å². The van der Waals surface area contributed by atoms with Crippen molar-refractivity contribution in [1.29, 1.82) is 0 Å². The lowest BCUT2D eigenvalue weighted by molar-refractivity contribution is -0.144. The highest BCUT2D eigenvalue weighted by Crippen LogP contribution is 2.26. The molecule has 1 aliphatic rings. The quantitative estimate of drug-likeness (QED) is 0.237. The number of Topliss-reactive ketones (excluding diaryl/α,β-unsaturated/α-hetero) is 1. The summed E-state index contributed by atoms with van der Waals surface area (Å²) in [5.74, 6) is -2.36. The Hall–Kier alpha value is -2.16. The van der Waals surface area contributed by atoms with Gasteiger partial charge in [0.1, 0.15) is 0 Å². The first-order valence-corrected chi connectivity index (χ1v) is 9.81. The van der Waals surface area contributed by atoms with Gasteiger partial charge in [0.15, 0.2) is 11.7 Å². The molecule has 1 rings (SSSR count). The van der Waals surface area contributed by atoms with Gasteiger partial charge in [-0.1, -0.05) is 0 Å². The number of aliphatic imine (C=N–C) groups is 1. The fraction of sp³-hybridized carbons (Fsp3) is 0.789. The van der Waals surface area contributed by atoms with E-state index in [0.29, 0.717) is 19.4 Å². The van der Waals surface area contributed by atoms with Crippen LogP contribution in [0, 0.1) is 5.92 Å². The van der Waals surface area contributed by atoms with Crippen LogP contribution >= 0.6 is 0 Å². The zero-order valence-electron chi connectivity index (χ0n) is 17.4. The molecule has 1 fully saturated rings. The molecule has 6 N–H and O–H groups in total. The predicted molar refractivity (Wildman–Crippen MR) is 108 cm³/mol. The Labute approximate surface area is 166 Å². The Morgan fingerprint density at radius 2 is 1.93 bits per heavy atom. The number of carbonyl (C=O) groups excluding carboxylic acids is 2. The maximum atomic E-state index is 12.7. The molecule has 3 atom stereocenters. The number of rotatable bonds is 10. The van der Waals surface area contributed by atoms with Gasteiger partial charge in [-0.25, -0.2) is 0 Å². The third-order valence-electron chi connectivity index (χ3n) is 5.06. The third-order valence-corrected chi connectivity index (χ3v) is 5.06. The second kappa shape index (κ2) is 10.4. The highest BCUT2D eigenvalue weighted by molar-refractivity contribution is 5.92. The van der Waals surface area contributed by atoms with E-state index in [0.717, 1.165) is 19.4 Å². The van der Waals surface area contributed by atoms with Crippen molar-refractivity contribution in [3.63, 3.8) is 0 Å². The van der Waals surface area contributed by atoms with E-state index in [4.69, 9.17) is 11.5 Å². The molecule has 0 aromatic carbocycles. The molecule has 0 saturated carbocycles. The van der Waals surface area contributed by atoms with Crippen molar-refractivity contribution < 1.29 is 19.5 Å². The number of likely N-dealkylation sites (tertiary alicyclic amines) is 1. The van der Waals surface area contributed by atoms with Crippen molar-refractivity contribution in [2.24, 2.45) is 22.4 Å². The molecule has 0 spiro atoms.